The van der Waals surface area contributed by atoms with E-state index in [1.54, 1.807) is 12.1 Å². The Labute approximate surface area is 136 Å². The maximum absolute atomic E-state index is 12.2. The third-order valence-electron chi connectivity index (χ3n) is 4.18. The highest BCUT2D eigenvalue weighted by Gasteiger charge is 2.24. The van der Waals surface area contributed by atoms with Crippen molar-refractivity contribution in [3.05, 3.63) is 29.8 Å². The number of benzene rings is 1. The fraction of sp³-hybridized carbons (Fsp3) is 0.500. The molecule has 2 N–H and O–H groups in total. The van der Waals surface area contributed by atoms with E-state index in [1.807, 2.05) is 6.07 Å². The zero-order valence-corrected chi connectivity index (χ0v) is 13.9. The Morgan fingerprint density at radius 3 is 2.70 bits per heavy atom. The Balaban J connectivity index is 1.96. The van der Waals surface area contributed by atoms with Gasteiger partial charge in [-0.25, -0.2) is 13.1 Å². The molecule has 0 aromatic heterocycles. The molecule has 0 heterocycles. The van der Waals surface area contributed by atoms with Gasteiger partial charge < -0.3 is 5.32 Å². The van der Waals surface area contributed by atoms with Gasteiger partial charge in [0.1, 0.15) is 6.07 Å². The van der Waals surface area contributed by atoms with E-state index in [9.17, 15) is 13.2 Å². The van der Waals surface area contributed by atoms with E-state index in [0.29, 0.717) is 5.92 Å². The van der Waals surface area contributed by atoms with Crippen LogP contribution in [-0.4, -0.2) is 26.9 Å². The minimum atomic E-state index is -3.89. The van der Waals surface area contributed by atoms with Gasteiger partial charge in [0, 0.05) is 6.04 Å². The molecular formula is C16H21N3O3S. The molecule has 0 radical (unpaired) electrons. The van der Waals surface area contributed by atoms with E-state index >= 15 is 0 Å². The standard InChI is InChI=1S/C16H21N3O3S/c1-12-6-2-4-8-14(12)19-16(20)11-18-23(21,22)15-9-5-3-7-13(15)10-17/h3,5,7,9,12,14,18H,2,4,6,8,11H2,1H3,(H,19,20)/t12-,14-/m1/s1. The maximum atomic E-state index is 12.2. The average Bonchev–Trinajstić information content (AvgIpc) is 2.55. The van der Waals surface area contributed by atoms with E-state index in [2.05, 4.69) is 17.0 Å². The van der Waals surface area contributed by atoms with Crippen molar-refractivity contribution in [2.45, 2.75) is 43.5 Å². The zero-order chi connectivity index (χ0) is 16.9. The van der Waals surface area contributed by atoms with E-state index in [4.69, 9.17) is 5.26 Å². The molecule has 0 unspecified atom stereocenters. The lowest BCUT2D eigenvalue weighted by atomic mass is 9.86. The SMILES string of the molecule is C[C@@H]1CCCC[C@H]1NC(=O)CNS(=O)(=O)c1ccccc1C#N. The summed E-state index contributed by atoms with van der Waals surface area (Å²) in [6.45, 7) is 1.77. The first-order valence-corrected chi connectivity index (χ1v) is 9.20. The van der Waals surface area contributed by atoms with Crippen LogP contribution < -0.4 is 10.0 Å². The highest BCUT2D eigenvalue weighted by molar-refractivity contribution is 7.89. The summed E-state index contributed by atoms with van der Waals surface area (Å²) in [4.78, 5) is 11.9. The van der Waals surface area contributed by atoms with Crippen molar-refractivity contribution in [2.24, 2.45) is 5.92 Å². The molecule has 7 heteroatoms. The summed E-state index contributed by atoms with van der Waals surface area (Å²) < 4.78 is 26.7. The molecule has 1 fully saturated rings. The molecule has 124 valence electrons. The van der Waals surface area contributed by atoms with E-state index < -0.39 is 10.0 Å². The Bertz CT molecular complexity index is 710. The third-order valence-corrected chi connectivity index (χ3v) is 5.64. The van der Waals surface area contributed by atoms with Gasteiger partial charge in [0.25, 0.3) is 0 Å². The van der Waals surface area contributed by atoms with Crippen LogP contribution in [0.3, 0.4) is 0 Å². The van der Waals surface area contributed by atoms with Gasteiger partial charge in [-0.05, 0) is 30.9 Å². The lowest BCUT2D eigenvalue weighted by Gasteiger charge is -2.29. The number of carbonyl (C=O) groups is 1. The van der Waals surface area contributed by atoms with Crippen LogP contribution in [0.2, 0.25) is 0 Å². The number of hydrogen-bond donors (Lipinski definition) is 2. The van der Waals surface area contributed by atoms with Crippen LogP contribution in [0.25, 0.3) is 0 Å². The number of sulfonamides is 1. The highest BCUT2D eigenvalue weighted by Crippen LogP contribution is 2.23. The second kappa shape index (κ2) is 7.57. The summed E-state index contributed by atoms with van der Waals surface area (Å²) in [7, 11) is -3.89. The summed E-state index contributed by atoms with van der Waals surface area (Å²) in [6, 6.07) is 7.86. The number of nitriles is 1. The van der Waals surface area contributed by atoms with Crippen LogP contribution in [-0.2, 0) is 14.8 Å². The predicted octanol–water partition coefficient (Wildman–Crippen LogP) is 1.53. The van der Waals surface area contributed by atoms with Crippen molar-refractivity contribution in [2.75, 3.05) is 6.54 Å². The predicted molar refractivity (Wildman–Crippen MR) is 85.9 cm³/mol. The zero-order valence-electron chi connectivity index (χ0n) is 13.1. The van der Waals surface area contributed by atoms with Gasteiger partial charge in [-0.2, -0.15) is 5.26 Å². The van der Waals surface area contributed by atoms with Crippen molar-refractivity contribution < 1.29 is 13.2 Å². The lowest BCUT2D eigenvalue weighted by Crippen LogP contribution is -2.45. The van der Waals surface area contributed by atoms with Gasteiger partial charge in [0.15, 0.2) is 0 Å². The molecule has 6 nitrogen and oxygen atoms in total. The molecule has 23 heavy (non-hydrogen) atoms. The summed E-state index contributed by atoms with van der Waals surface area (Å²) in [5.41, 5.74) is 0.0568. The minimum absolute atomic E-state index is 0.0568. The number of carbonyl (C=O) groups excluding carboxylic acids is 1. The van der Waals surface area contributed by atoms with Crippen LogP contribution in [0.15, 0.2) is 29.2 Å². The van der Waals surface area contributed by atoms with Gasteiger partial charge in [-0.3, -0.25) is 4.79 Å². The Kier molecular flexibility index (Phi) is 5.74. The molecule has 2 rings (SSSR count). The average molecular weight is 335 g/mol. The summed E-state index contributed by atoms with van der Waals surface area (Å²) in [5, 5.41) is 11.9. The summed E-state index contributed by atoms with van der Waals surface area (Å²) in [6.07, 6.45) is 4.25. The molecular weight excluding hydrogens is 314 g/mol. The second-order valence-electron chi connectivity index (χ2n) is 5.87. The number of nitrogens with one attached hydrogen (secondary N) is 2. The van der Waals surface area contributed by atoms with E-state index in [-0.39, 0.29) is 29.0 Å². The van der Waals surface area contributed by atoms with Crippen molar-refractivity contribution in [3.8, 4) is 6.07 Å². The first kappa shape index (κ1) is 17.4. The smallest absolute Gasteiger partial charge is 0.242 e. The van der Waals surface area contributed by atoms with Crippen LogP contribution in [0.4, 0.5) is 0 Å². The monoisotopic (exact) mass is 335 g/mol. The third kappa shape index (κ3) is 4.53. The normalized spacial score (nSPS) is 21.4. The quantitative estimate of drug-likeness (QED) is 0.852. The van der Waals surface area contributed by atoms with Crippen molar-refractivity contribution in [1.29, 1.82) is 5.26 Å². The van der Waals surface area contributed by atoms with Crippen LogP contribution in [0, 0.1) is 17.2 Å². The van der Waals surface area contributed by atoms with Gasteiger partial charge in [0.05, 0.1) is 17.0 Å². The molecule has 1 aromatic carbocycles. The van der Waals surface area contributed by atoms with Crippen molar-refractivity contribution >= 4 is 15.9 Å². The minimum Gasteiger partial charge on any atom is -0.352 e. The number of amides is 1. The molecule has 1 aromatic rings. The lowest BCUT2D eigenvalue weighted by molar-refractivity contribution is -0.121. The first-order valence-electron chi connectivity index (χ1n) is 7.72. The van der Waals surface area contributed by atoms with Gasteiger partial charge >= 0.3 is 0 Å². The van der Waals surface area contributed by atoms with Gasteiger partial charge in [-0.1, -0.05) is 31.9 Å². The first-order chi connectivity index (χ1) is 10.9. The van der Waals surface area contributed by atoms with Gasteiger partial charge in [0.2, 0.25) is 15.9 Å². The Morgan fingerprint density at radius 1 is 1.30 bits per heavy atom. The number of nitrogens with zero attached hydrogens (tertiary/aromatic N) is 1. The molecule has 1 aliphatic carbocycles. The molecule has 0 saturated heterocycles. The van der Waals surface area contributed by atoms with Crippen molar-refractivity contribution in [3.63, 3.8) is 0 Å². The van der Waals surface area contributed by atoms with Crippen molar-refractivity contribution in [1.82, 2.24) is 10.0 Å². The molecule has 1 saturated carbocycles. The van der Waals surface area contributed by atoms with Crippen LogP contribution in [0.1, 0.15) is 38.2 Å². The molecule has 0 aliphatic heterocycles. The Hall–Kier alpha value is -1.91. The molecule has 1 aliphatic rings. The number of rotatable bonds is 5. The van der Waals surface area contributed by atoms with Crippen LogP contribution in [0.5, 0.6) is 0 Å². The van der Waals surface area contributed by atoms with Crippen LogP contribution >= 0.6 is 0 Å². The van der Waals surface area contributed by atoms with E-state index in [0.717, 1.165) is 19.3 Å². The fourth-order valence-electron chi connectivity index (χ4n) is 2.82. The Morgan fingerprint density at radius 2 is 2.00 bits per heavy atom. The fourth-order valence-corrected chi connectivity index (χ4v) is 3.96. The molecule has 1 amide bonds. The second-order valence-corrected chi connectivity index (χ2v) is 7.60. The molecule has 2 atom stereocenters. The number of hydrogen-bond acceptors (Lipinski definition) is 4. The largest absolute Gasteiger partial charge is 0.352 e. The topological polar surface area (TPSA) is 99.1 Å². The summed E-state index contributed by atoms with van der Waals surface area (Å²) in [5.74, 6) is 0.0605. The van der Waals surface area contributed by atoms with E-state index in [1.165, 1.54) is 18.6 Å². The molecule has 0 bridgehead atoms. The maximum Gasteiger partial charge on any atom is 0.242 e. The molecule has 0 spiro atoms. The summed E-state index contributed by atoms with van der Waals surface area (Å²) >= 11 is 0. The van der Waals surface area contributed by atoms with Gasteiger partial charge in [-0.15, -0.1) is 0 Å². The highest BCUT2D eigenvalue weighted by atomic mass is 32.2.